The molecule has 1 aromatic rings. The molecule has 1 aliphatic heterocycles. The lowest BCUT2D eigenvalue weighted by atomic mass is 10.1. The molecule has 1 saturated heterocycles. The number of benzene rings is 1. The summed E-state index contributed by atoms with van der Waals surface area (Å²) in [7, 11) is 0. The number of thioether (sulfide) groups is 1. The molecule has 1 aromatic carbocycles. The lowest BCUT2D eigenvalue weighted by molar-refractivity contribution is -0.128. The summed E-state index contributed by atoms with van der Waals surface area (Å²) in [5, 5.41) is 11.0. The molecule has 0 unspecified atom stereocenters. The SMILES string of the molecule is Cc1ccc(C(=O)O)c(NC(=O)CN2C(=O)CSC2=O)c1. The van der Waals surface area contributed by atoms with Gasteiger partial charge in [0.1, 0.15) is 6.54 Å². The maximum absolute atomic E-state index is 11.9. The Hall–Kier alpha value is -2.35. The Bertz CT molecular complexity index is 627. The lowest BCUT2D eigenvalue weighted by Crippen LogP contribution is -2.36. The molecule has 0 aromatic heterocycles. The Kier molecular flexibility index (Phi) is 4.27. The number of amides is 3. The Morgan fingerprint density at radius 2 is 2.10 bits per heavy atom. The molecule has 0 saturated carbocycles. The van der Waals surface area contributed by atoms with Gasteiger partial charge in [0.15, 0.2) is 0 Å². The van der Waals surface area contributed by atoms with Crippen molar-refractivity contribution in [3.05, 3.63) is 29.3 Å². The van der Waals surface area contributed by atoms with Gasteiger partial charge in [-0.25, -0.2) is 4.79 Å². The highest BCUT2D eigenvalue weighted by Crippen LogP contribution is 2.20. The number of rotatable bonds is 4. The summed E-state index contributed by atoms with van der Waals surface area (Å²) in [6.45, 7) is 1.34. The predicted molar refractivity (Wildman–Crippen MR) is 76.3 cm³/mol. The third-order valence-corrected chi connectivity index (χ3v) is 3.68. The summed E-state index contributed by atoms with van der Waals surface area (Å²) in [4.78, 5) is 46.6. The summed E-state index contributed by atoms with van der Waals surface area (Å²) >= 11 is 0.836. The molecule has 2 rings (SSSR count). The van der Waals surface area contributed by atoms with Crippen molar-refractivity contribution < 1.29 is 24.3 Å². The number of carbonyl (C=O) groups is 4. The minimum Gasteiger partial charge on any atom is -0.478 e. The number of carboxylic acids is 1. The van der Waals surface area contributed by atoms with E-state index in [9.17, 15) is 19.2 Å². The number of imide groups is 1. The number of nitrogens with zero attached hydrogens (tertiary/aromatic N) is 1. The summed E-state index contributed by atoms with van der Waals surface area (Å²) in [6.07, 6.45) is 0. The van der Waals surface area contributed by atoms with E-state index in [2.05, 4.69) is 5.32 Å². The quantitative estimate of drug-likeness (QED) is 0.869. The first-order chi connectivity index (χ1) is 9.88. The summed E-state index contributed by atoms with van der Waals surface area (Å²) in [5.74, 6) is -2.19. The maximum Gasteiger partial charge on any atom is 0.337 e. The van der Waals surface area contributed by atoms with Crippen molar-refractivity contribution in [2.75, 3.05) is 17.6 Å². The predicted octanol–water partition coefficient (Wildman–Crippen LogP) is 1.33. The molecule has 0 radical (unpaired) electrons. The number of hydrogen-bond donors (Lipinski definition) is 2. The molecule has 1 heterocycles. The number of aryl methyl sites for hydroxylation is 1. The van der Waals surface area contributed by atoms with Crippen LogP contribution in [0.2, 0.25) is 0 Å². The van der Waals surface area contributed by atoms with E-state index in [1.165, 1.54) is 12.1 Å². The Balaban J connectivity index is 2.13. The van der Waals surface area contributed by atoms with Gasteiger partial charge in [-0.2, -0.15) is 0 Å². The number of carboxylic acid groups (broad SMARTS) is 1. The van der Waals surface area contributed by atoms with E-state index in [-0.39, 0.29) is 17.0 Å². The van der Waals surface area contributed by atoms with Gasteiger partial charge in [0.25, 0.3) is 5.24 Å². The fraction of sp³-hybridized carbons (Fsp3) is 0.231. The van der Waals surface area contributed by atoms with Crippen LogP contribution in [0.25, 0.3) is 0 Å². The summed E-state index contributed by atoms with van der Waals surface area (Å²) < 4.78 is 0. The second-order valence-electron chi connectivity index (χ2n) is 4.44. The second kappa shape index (κ2) is 5.96. The van der Waals surface area contributed by atoms with E-state index in [0.29, 0.717) is 0 Å². The van der Waals surface area contributed by atoms with Gasteiger partial charge >= 0.3 is 5.97 Å². The van der Waals surface area contributed by atoms with Gasteiger partial charge in [0, 0.05) is 0 Å². The zero-order valence-corrected chi connectivity index (χ0v) is 11.9. The lowest BCUT2D eigenvalue weighted by Gasteiger charge is -2.14. The van der Waals surface area contributed by atoms with Crippen molar-refractivity contribution >= 4 is 40.5 Å². The highest BCUT2D eigenvalue weighted by molar-refractivity contribution is 8.14. The van der Waals surface area contributed by atoms with Crippen LogP contribution in [0.1, 0.15) is 15.9 Å². The molecule has 0 aliphatic carbocycles. The van der Waals surface area contributed by atoms with Gasteiger partial charge < -0.3 is 10.4 Å². The van der Waals surface area contributed by atoms with E-state index >= 15 is 0 Å². The smallest absolute Gasteiger partial charge is 0.337 e. The molecule has 0 spiro atoms. The van der Waals surface area contributed by atoms with Crippen molar-refractivity contribution in [3.8, 4) is 0 Å². The largest absolute Gasteiger partial charge is 0.478 e. The fourth-order valence-corrected chi connectivity index (χ4v) is 2.54. The van der Waals surface area contributed by atoms with Gasteiger partial charge in [0.2, 0.25) is 11.8 Å². The van der Waals surface area contributed by atoms with Gasteiger partial charge in [0.05, 0.1) is 17.0 Å². The number of aromatic carboxylic acids is 1. The molecule has 0 bridgehead atoms. The van der Waals surface area contributed by atoms with E-state index in [0.717, 1.165) is 22.2 Å². The highest BCUT2D eigenvalue weighted by atomic mass is 32.2. The molecule has 7 nitrogen and oxygen atoms in total. The topological polar surface area (TPSA) is 104 Å². The average Bonchev–Trinajstić information content (AvgIpc) is 2.70. The van der Waals surface area contributed by atoms with Gasteiger partial charge in [-0.15, -0.1) is 0 Å². The summed E-state index contributed by atoms with van der Waals surface area (Å²) in [5.41, 5.74) is 0.862. The first kappa shape index (κ1) is 15.0. The van der Waals surface area contributed by atoms with Crippen LogP contribution in [-0.4, -0.2) is 45.3 Å². The van der Waals surface area contributed by atoms with Gasteiger partial charge in [-0.1, -0.05) is 17.8 Å². The fourth-order valence-electron chi connectivity index (χ4n) is 1.82. The van der Waals surface area contributed by atoms with E-state index in [1.807, 2.05) is 0 Å². The zero-order chi connectivity index (χ0) is 15.6. The third kappa shape index (κ3) is 3.40. The molecule has 21 heavy (non-hydrogen) atoms. The standard InChI is InChI=1S/C13H12N2O5S/c1-7-2-3-8(12(18)19)9(4-7)14-10(16)5-15-11(17)6-21-13(15)20/h2-4H,5-6H2,1H3,(H,14,16)(H,18,19). The summed E-state index contributed by atoms with van der Waals surface area (Å²) in [6, 6.07) is 4.52. The third-order valence-electron chi connectivity index (χ3n) is 2.82. The first-order valence-electron chi connectivity index (χ1n) is 5.99. The second-order valence-corrected chi connectivity index (χ2v) is 5.36. The van der Waals surface area contributed by atoms with Crippen molar-refractivity contribution in [2.45, 2.75) is 6.92 Å². The van der Waals surface area contributed by atoms with Crippen molar-refractivity contribution in [1.82, 2.24) is 4.90 Å². The van der Waals surface area contributed by atoms with Gasteiger partial charge in [-0.05, 0) is 24.6 Å². The monoisotopic (exact) mass is 308 g/mol. The molecular weight excluding hydrogens is 296 g/mol. The minimum atomic E-state index is -1.17. The van der Waals surface area contributed by atoms with E-state index in [4.69, 9.17) is 5.11 Å². The van der Waals surface area contributed by atoms with Crippen LogP contribution < -0.4 is 5.32 Å². The van der Waals surface area contributed by atoms with Crippen LogP contribution in [0.5, 0.6) is 0 Å². The maximum atomic E-state index is 11.9. The normalized spacial score (nSPS) is 14.4. The Morgan fingerprint density at radius 3 is 2.67 bits per heavy atom. The highest BCUT2D eigenvalue weighted by Gasteiger charge is 2.31. The Morgan fingerprint density at radius 1 is 1.38 bits per heavy atom. The van der Waals surface area contributed by atoms with Crippen molar-refractivity contribution in [1.29, 1.82) is 0 Å². The van der Waals surface area contributed by atoms with Crippen LogP contribution in [0.3, 0.4) is 0 Å². The minimum absolute atomic E-state index is 0.0247. The zero-order valence-electron chi connectivity index (χ0n) is 11.1. The van der Waals surface area contributed by atoms with Crippen molar-refractivity contribution in [2.24, 2.45) is 0 Å². The molecule has 1 fully saturated rings. The van der Waals surface area contributed by atoms with Crippen LogP contribution in [0, 0.1) is 6.92 Å². The molecule has 0 atom stereocenters. The molecule has 1 aliphatic rings. The van der Waals surface area contributed by atoms with Crippen molar-refractivity contribution in [3.63, 3.8) is 0 Å². The van der Waals surface area contributed by atoms with Crippen LogP contribution in [-0.2, 0) is 9.59 Å². The number of anilines is 1. The van der Waals surface area contributed by atoms with Gasteiger partial charge in [-0.3, -0.25) is 19.3 Å². The molecule has 8 heteroatoms. The molecule has 2 N–H and O–H groups in total. The van der Waals surface area contributed by atoms with Crippen LogP contribution in [0.4, 0.5) is 10.5 Å². The molecule has 3 amide bonds. The van der Waals surface area contributed by atoms with E-state index in [1.54, 1.807) is 13.0 Å². The molecule has 110 valence electrons. The van der Waals surface area contributed by atoms with Crippen LogP contribution in [0.15, 0.2) is 18.2 Å². The Labute approximate surface area is 124 Å². The van der Waals surface area contributed by atoms with Crippen LogP contribution >= 0.6 is 11.8 Å². The number of carbonyl (C=O) groups excluding carboxylic acids is 3. The number of hydrogen-bond acceptors (Lipinski definition) is 5. The molecular formula is C13H12N2O5S. The number of nitrogens with one attached hydrogen (secondary N) is 1. The first-order valence-corrected chi connectivity index (χ1v) is 6.98. The van der Waals surface area contributed by atoms with E-state index < -0.39 is 29.6 Å². The average molecular weight is 308 g/mol.